The Morgan fingerprint density at radius 3 is 2.36 bits per heavy atom. The molecular weight excluding hydrogens is 593 g/mol. The maximum Gasteiger partial charge on any atom is 0.407 e. The summed E-state index contributed by atoms with van der Waals surface area (Å²) in [6.07, 6.45) is 8.19. The van der Waals surface area contributed by atoms with Crippen molar-refractivity contribution in [1.82, 2.24) is 15.1 Å². The van der Waals surface area contributed by atoms with Crippen LogP contribution in [0.2, 0.25) is 0 Å². The van der Waals surface area contributed by atoms with E-state index in [0.29, 0.717) is 23.2 Å². The maximum atomic E-state index is 14.9. The highest BCUT2D eigenvalue weighted by molar-refractivity contribution is 7.92. The first-order valence-electron chi connectivity index (χ1n) is 16.8. The molecule has 0 bridgehead atoms. The average molecular weight is 642 g/mol. The van der Waals surface area contributed by atoms with Crippen molar-refractivity contribution >= 4 is 15.9 Å². The lowest BCUT2D eigenvalue weighted by Crippen LogP contribution is -2.59. The highest BCUT2D eigenvalue weighted by atomic mass is 32.2. The second-order valence-electron chi connectivity index (χ2n) is 13.5. The zero-order valence-corrected chi connectivity index (χ0v) is 27.3. The Morgan fingerprint density at radius 2 is 1.71 bits per heavy atom. The maximum absolute atomic E-state index is 14.9. The normalized spacial score (nSPS) is 24.5. The molecule has 1 N–H and O–H groups in total. The third-order valence-corrected chi connectivity index (χ3v) is 13.1. The molecule has 0 radical (unpaired) electrons. The van der Waals surface area contributed by atoms with E-state index in [2.05, 4.69) is 21.2 Å². The number of halogens is 1. The van der Waals surface area contributed by atoms with Gasteiger partial charge in [-0.25, -0.2) is 17.6 Å². The van der Waals surface area contributed by atoms with Gasteiger partial charge in [-0.3, -0.25) is 0 Å². The lowest BCUT2D eigenvalue weighted by atomic mass is 9.57. The van der Waals surface area contributed by atoms with Gasteiger partial charge in [0.2, 0.25) is 0 Å². The molecule has 6 rings (SSSR count). The van der Waals surface area contributed by atoms with E-state index in [-0.39, 0.29) is 34.5 Å². The molecule has 2 aromatic carbocycles. The van der Waals surface area contributed by atoms with Crippen LogP contribution in [-0.2, 0) is 20.0 Å². The Kier molecular flexibility index (Phi) is 10.0. The first kappa shape index (κ1) is 32.3. The number of hydrogen-bond donors (Lipinski definition) is 1. The van der Waals surface area contributed by atoms with Crippen LogP contribution in [0.25, 0.3) is 0 Å². The molecule has 2 saturated carbocycles. The van der Waals surface area contributed by atoms with Crippen LogP contribution in [0.4, 0.5) is 9.18 Å². The molecule has 2 saturated heterocycles. The molecule has 2 aliphatic heterocycles. The summed E-state index contributed by atoms with van der Waals surface area (Å²) < 4.78 is 50.7. The molecule has 2 aliphatic carbocycles. The van der Waals surface area contributed by atoms with E-state index >= 15 is 0 Å². The molecule has 4 fully saturated rings. The van der Waals surface area contributed by atoms with Crippen molar-refractivity contribution in [3.05, 3.63) is 59.9 Å². The minimum Gasteiger partial charge on any atom is -0.494 e. The number of amides is 1. The predicted octanol–water partition coefficient (Wildman–Crippen LogP) is 5.41. The summed E-state index contributed by atoms with van der Waals surface area (Å²) in [5, 5.41) is 2.95. The van der Waals surface area contributed by atoms with Gasteiger partial charge in [-0.2, -0.15) is 0 Å². The number of rotatable bonds is 13. The van der Waals surface area contributed by atoms with E-state index in [1.54, 1.807) is 30.3 Å². The van der Waals surface area contributed by atoms with E-state index in [1.807, 2.05) is 6.07 Å². The zero-order valence-electron chi connectivity index (χ0n) is 26.5. The standard InChI is InChI=1S/C35H48FN3O5S/c1-43-34(40)37-33-9-3-8-32(33)35(25-39-18-4-19-39,27-6-2-7-28(36)24-27)26-16-21-38(22-17-26)20-5-23-44-29-10-12-30(13-11-29)45(41,42)31-14-15-31/h2,6-7,10-13,24,26,31-33H,3-5,8-9,14-23,25H2,1H3,(H,37,40)/t32-,33-,35?/m0/s1. The second kappa shape index (κ2) is 14.0. The topological polar surface area (TPSA) is 88.2 Å². The minimum atomic E-state index is -3.19. The van der Waals surface area contributed by atoms with Gasteiger partial charge in [0.15, 0.2) is 9.84 Å². The molecule has 2 heterocycles. The fourth-order valence-electron chi connectivity index (χ4n) is 8.18. The quantitative estimate of drug-likeness (QED) is 0.293. The lowest BCUT2D eigenvalue weighted by Gasteiger charge is -2.53. The number of nitrogens with zero attached hydrogens (tertiary/aromatic N) is 2. The molecule has 10 heteroatoms. The van der Waals surface area contributed by atoms with Crippen molar-refractivity contribution in [1.29, 1.82) is 0 Å². The summed E-state index contributed by atoms with van der Waals surface area (Å²) in [6.45, 7) is 6.46. The molecule has 45 heavy (non-hydrogen) atoms. The van der Waals surface area contributed by atoms with Crippen molar-refractivity contribution in [3.8, 4) is 5.75 Å². The minimum absolute atomic E-state index is 0.0000487. The number of alkyl carbamates (subject to hydrolysis) is 1. The first-order chi connectivity index (χ1) is 21.8. The molecule has 0 aromatic heterocycles. The summed E-state index contributed by atoms with van der Waals surface area (Å²) in [7, 11) is -1.77. The Bertz CT molecular complexity index is 1410. The molecule has 8 nitrogen and oxygen atoms in total. The highest BCUT2D eigenvalue weighted by Gasteiger charge is 2.53. The van der Waals surface area contributed by atoms with Crippen LogP contribution in [-0.4, -0.2) is 88.6 Å². The van der Waals surface area contributed by atoms with Gasteiger partial charge in [0, 0.05) is 24.5 Å². The van der Waals surface area contributed by atoms with E-state index in [9.17, 15) is 17.6 Å². The molecule has 3 atom stereocenters. The highest BCUT2D eigenvalue weighted by Crippen LogP contribution is 2.51. The number of ether oxygens (including phenoxy) is 2. The van der Waals surface area contributed by atoms with Gasteiger partial charge in [0.25, 0.3) is 0 Å². The van der Waals surface area contributed by atoms with Crippen LogP contribution >= 0.6 is 0 Å². The van der Waals surface area contributed by atoms with E-state index in [1.165, 1.54) is 19.6 Å². The van der Waals surface area contributed by atoms with Crippen LogP contribution in [0.5, 0.6) is 5.75 Å². The predicted molar refractivity (Wildman–Crippen MR) is 172 cm³/mol. The second-order valence-corrected chi connectivity index (χ2v) is 15.7. The number of carbonyl (C=O) groups excluding carboxylic acids is 1. The third-order valence-electron chi connectivity index (χ3n) is 10.8. The Hall–Kier alpha value is -2.69. The molecular formula is C35H48FN3O5S. The smallest absolute Gasteiger partial charge is 0.407 e. The van der Waals surface area contributed by atoms with Gasteiger partial charge >= 0.3 is 6.09 Å². The fourth-order valence-corrected chi connectivity index (χ4v) is 9.84. The first-order valence-corrected chi connectivity index (χ1v) is 18.4. The van der Waals surface area contributed by atoms with Gasteiger partial charge in [-0.05, 0) is 131 Å². The molecule has 2 aromatic rings. The summed E-state index contributed by atoms with van der Waals surface area (Å²) in [5.41, 5.74) is 0.805. The SMILES string of the molecule is COC(=O)N[C@H]1CCC[C@@H]1C(CN1CCC1)(c1cccc(F)c1)C1CCN(CCCOc2ccc(S(=O)(=O)C3CC3)cc2)CC1. The molecule has 1 unspecified atom stereocenters. The van der Waals surface area contributed by atoms with Crippen LogP contribution < -0.4 is 10.1 Å². The van der Waals surface area contributed by atoms with Gasteiger partial charge in [0.05, 0.1) is 23.9 Å². The number of methoxy groups -OCH3 is 1. The van der Waals surface area contributed by atoms with E-state index < -0.39 is 9.84 Å². The van der Waals surface area contributed by atoms with Crippen molar-refractivity contribution in [2.75, 3.05) is 53.0 Å². The summed E-state index contributed by atoms with van der Waals surface area (Å²) >= 11 is 0. The van der Waals surface area contributed by atoms with Crippen molar-refractivity contribution in [2.24, 2.45) is 11.8 Å². The van der Waals surface area contributed by atoms with Gasteiger partial charge in [-0.1, -0.05) is 18.6 Å². The van der Waals surface area contributed by atoms with Gasteiger partial charge in [0.1, 0.15) is 11.6 Å². The molecule has 1 amide bonds. The lowest BCUT2D eigenvalue weighted by molar-refractivity contribution is 0.0248. The monoisotopic (exact) mass is 641 g/mol. The number of sulfone groups is 1. The summed E-state index contributed by atoms with van der Waals surface area (Å²) in [4.78, 5) is 17.8. The van der Waals surface area contributed by atoms with Crippen LogP contribution in [0.15, 0.2) is 53.4 Å². The number of benzene rings is 2. The number of nitrogens with one attached hydrogen (secondary N) is 1. The van der Waals surface area contributed by atoms with Gasteiger partial charge < -0.3 is 24.6 Å². The fraction of sp³-hybridized carbons (Fsp3) is 0.629. The Morgan fingerprint density at radius 1 is 0.956 bits per heavy atom. The molecule has 4 aliphatic rings. The number of carbonyl (C=O) groups is 1. The Labute approximate surface area is 267 Å². The Balaban J connectivity index is 1.10. The summed E-state index contributed by atoms with van der Waals surface area (Å²) in [6, 6.07) is 14.1. The van der Waals surface area contributed by atoms with E-state index in [4.69, 9.17) is 9.47 Å². The molecule has 246 valence electrons. The van der Waals surface area contributed by atoms with Crippen molar-refractivity contribution < 1.29 is 27.1 Å². The zero-order chi connectivity index (χ0) is 31.4. The third kappa shape index (κ3) is 7.18. The average Bonchev–Trinajstić information content (AvgIpc) is 3.80. The number of likely N-dealkylation sites (tertiary alicyclic amines) is 2. The van der Waals surface area contributed by atoms with Crippen molar-refractivity contribution in [2.45, 2.75) is 79.4 Å². The van der Waals surface area contributed by atoms with Crippen LogP contribution in [0.1, 0.15) is 63.4 Å². The summed E-state index contributed by atoms with van der Waals surface area (Å²) in [5.74, 6) is 1.06. The largest absolute Gasteiger partial charge is 0.494 e. The van der Waals surface area contributed by atoms with Crippen LogP contribution in [0, 0.1) is 17.7 Å². The van der Waals surface area contributed by atoms with Crippen LogP contribution in [0.3, 0.4) is 0 Å². The number of hydrogen-bond acceptors (Lipinski definition) is 7. The van der Waals surface area contributed by atoms with Gasteiger partial charge in [-0.15, -0.1) is 0 Å². The van der Waals surface area contributed by atoms with Crippen molar-refractivity contribution in [3.63, 3.8) is 0 Å². The van der Waals surface area contributed by atoms with E-state index in [0.717, 1.165) is 96.2 Å². The number of piperidine rings is 1. The molecule has 0 spiro atoms.